The molecule has 0 bridgehead atoms. The number of nitrogens with zero attached hydrogens (tertiary/aromatic N) is 1. The zero-order valence-electron chi connectivity index (χ0n) is 13.4. The Morgan fingerprint density at radius 3 is 2.70 bits per heavy atom. The van der Waals surface area contributed by atoms with Crippen LogP contribution in [0.25, 0.3) is 0 Å². The largest absolute Gasteiger partial charge is 0.374 e. The average molecular weight is 274 g/mol. The van der Waals surface area contributed by atoms with Gasteiger partial charge in [0.15, 0.2) is 0 Å². The molecule has 1 unspecified atom stereocenters. The van der Waals surface area contributed by atoms with Crippen LogP contribution >= 0.6 is 0 Å². The number of anilines is 1. The highest BCUT2D eigenvalue weighted by Gasteiger charge is 2.14. The zero-order valence-corrected chi connectivity index (χ0v) is 13.4. The molecule has 0 aromatic heterocycles. The zero-order chi connectivity index (χ0) is 14.8. The summed E-state index contributed by atoms with van der Waals surface area (Å²) < 4.78 is 0. The Labute approximate surface area is 124 Å². The van der Waals surface area contributed by atoms with Crippen LogP contribution in [0.5, 0.6) is 0 Å². The molecule has 2 heteroatoms. The first-order valence-electron chi connectivity index (χ1n) is 7.88. The first-order chi connectivity index (χ1) is 9.74. The molecule has 20 heavy (non-hydrogen) atoms. The number of hydrogen-bond donors (Lipinski definition) is 1. The van der Waals surface area contributed by atoms with E-state index in [1.165, 1.54) is 17.7 Å². The van der Waals surface area contributed by atoms with E-state index < -0.39 is 0 Å². The fraction of sp³-hybridized carbons (Fsp3) is 0.556. The smallest absolute Gasteiger partial charge is 0.0412 e. The van der Waals surface area contributed by atoms with Crippen molar-refractivity contribution in [3.8, 4) is 0 Å². The summed E-state index contributed by atoms with van der Waals surface area (Å²) in [5.41, 5.74) is 2.77. The Morgan fingerprint density at radius 2 is 2.05 bits per heavy atom. The van der Waals surface area contributed by atoms with Gasteiger partial charge in [0.25, 0.3) is 0 Å². The van der Waals surface area contributed by atoms with Crippen LogP contribution < -0.4 is 10.2 Å². The monoisotopic (exact) mass is 274 g/mol. The summed E-state index contributed by atoms with van der Waals surface area (Å²) in [4.78, 5) is 2.37. The van der Waals surface area contributed by atoms with Gasteiger partial charge in [-0.2, -0.15) is 0 Å². The molecule has 0 fully saturated rings. The molecule has 1 aromatic rings. The maximum atomic E-state index is 3.79. The fourth-order valence-corrected chi connectivity index (χ4v) is 2.52. The van der Waals surface area contributed by atoms with E-state index in [9.17, 15) is 0 Å². The maximum absolute atomic E-state index is 3.79. The van der Waals surface area contributed by atoms with Crippen LogP contribution in [0.15, 0.2) is 36.9 Å². The van der Waals surface area contributed by atoms with Crippen molar-refractivity contribution in [2.45, 2.75) is 45.6 Å². The predicted octanol–water partition coefficient (Wildman–Crippen LogP) is 4.54. The van der Waals surface area contributed by atoms with Crippen LogP contribution in [0.2, 0.25) is 0 Å². The molecule has 0 saturated carbocycles. The molecule has 0 aliphatic heterocycles. The average Bonchev–Trinajstić information content (AvgIpc) is 2.48. The summed E-state index contributed by atoms with van der Waals surface area (Å²) in [6.45, 7) is 10.4. The highest BCUT2D eigenvalue weighted by Crippen LogP contribution is 2.27. The Kier molecular flexibility index (Phi) is 8.05. The standard InChI is InChI=1S/C18H30N2/c1-5-8-11-15-20(4)18-13-10-9-12-16(18)17(7-3)19-14-6-2/h5,9-10,12-13,17,19H,1,6-8,11,14-15H2,2-4H3. The van der Waals surface area contributed by atoms with Crippen molar-refractivity contribution in [1.82, 2.24) is 5.32 Å². The molecule has 2 nitrogen and oxygen atoms in total. The van der Waals surface area contributed by atoms with Crippen LogP contribution in [-0.2, 0) is 0 Å². The van der Waals surface area contributed by atoms with Gasteiger partial charge in [0.05, 0.1) is 0 Å². The lowest BCUT2D eigenvalue weighted by molar-refractivity contribution is 0.518. The van der Waals surface area contributed by atoms with E-state index in [-0.39, 0.29) is 0 Å². The molecule has 1 atom stereocenters. The molecule has 0 heterocycles. The van der Waals surface area contributed by atoms with Crippen molar-refractivity contribution in [3.05, 3.63) is 42.5 Å². The Bertz CT molecular complexity index is 387. The minimum Gasteiger partial charge on any atom is -0.374 e. The summed E-state index contributed by atoms with van der Waals surface area (Å²) in [6.07, 6.45) is 6.54. The Morgan fingerprint density at radius 1 is 1.30 bits per heavy atom. The van der Waals surface area contributed by atoms with Gasteiger partial charge in [-0.25, -0.2) is 0 Å². The number of benzene rings is 1. The van der Waals surface area contributed by atoms with Gasteiger partial charge in [-0.3, -0.25) is 0 Å². The first-order valence-corrected chi connectivity index (χ1v) is 7.88. The predicted molar refractivity (Wildman–Crippen MR) is 90.5 cm³/mol. The van der Waals surface area contributed by atoms with E-state index in [0.717, 1.165) is 32.4 Å². The van der Waals surface area contributed by atoms with Crippen LogP contribution in [-0.4, -0.2) is 20.1 Å². The first kappa shape index (κ1) is 16.8. The summed E-state index contributed by atoms with van der Waals surface area (Å²) in [5.74, 6) is 0. The van der Waals surface area contributed by atoms with Crippen molar-refractivity contribution < 1.29 is 0 Å². The molecular formula is C18H30N2. The molecule has 0 spiro atoms. The molecule has 112 valence electrons. The van der Waals surface area contributed by atoms with E-state index in [2.05, 4.69) is 62.0 Å². The quantitative estimate of drug-likeness (QED) is 0.498. The SMILES string of the molecule is C=CCCCN(C)c1ccccc1C(CC)NCCC. The lowest BCUT2D eigenvalue weighted by Crippen LogP contribution is -2.26. The lowest BCUT2D eigenvalue weighted by atomic mass is 10.0. The van der Waals surface area contributed by atoms with Crippen LogP contribution in [0.1, 0.15) is 51.1 Å². The van der Waals surface area contributed by atoms with Crippen LogP contribution in [0, 0.1) is 0 Å². The highest BCUT2D eigenvalue weighted by molar-refractivity contribution is 5.54. The van der Waals surface area contributed by atoms with Gasteiger partial charge in [0.2, 0.25) is 0 Å². The van der Waals surface area contributed by atoms with E-state index in [1.54, 1.807) is 0 Å². The summed E-state index contributed by atoms with van der Waals surface area (Å²) in [6, 6.07) is 9.23. The molecule has 1 aromatic carbocycles. The Hall–Kier alpha value is -1.28. The Balaban J connectivity index is 2.82. The van der Waals surface area contributed by atoms with Gasteiger partial charge in [-0.1, -0.05) is 38.1 Å². The maximum Gasteiger partial charge on any atom is 0.0412 e. The number of unbranched alkanes of at least 4 members (excludes halogenated alkanes) is 1. The third-order valence-electron chi connectivity index (χ3n) is 3.67. The second-order valence-corrected chi connectivity index (χ2v) is 5.33. The summed E-state index contributed by atoms with van der Waals surface area (Å²) in [5, 5.41) is 3.66. The number of hydrogen-bond acceptors (Lipinski definition) is 2. The molecule has 1 rings (SSSR count). The topological polar surface area (TPSA) is 15.3 Å². The van der Waals surface area contributed by atoms with Gasteiger partial charge in [0.1, 0.15) is 0 Å². The molecule has 0 aliphatic rings. The van der Waals surface area contributed by atoms with Crippen molar-refractivity contribution in [3.63, 3.8) is 0 Å². The van der Waals surface area contributed by atoms with Crippen LogP contribution in [0.4, 0.5) is 5.69 Å². The number of rotatable bonds is 10. The lowest BCUT2D eigenvalue weighted by Gasteiger charge is -2.27. The molecule has 1 N–H and O–H groups in total. The third kappa shape index (κ3) is 5.01. The second-order valence-electron chi connectivity index (χ2n) is 5.33. The number of para-hydroxylation sites is 1. The minimum atomic E-state index is 0.452. The summed E-state index contributed by atoms with van der Waals surface area (Å²) >= 11 is 0. The van der Waals surface area contributed by atoms with Gasteiger partial charge in [-0.05, 0) is 43.9 Å². The van der Waals surface area contributed by atoms with Gasteiger partial charge >= 0.3 is 0 Å². The van der Waals surface area contributed by atoms with E-state index in [4.69, 9.17) is 0 Å². The van der Waals surface area contributed by atoms with Crippen molar-refractivity contribution >= 4 is 5.69 Å². The van der Waals surface area contributed by atoms with E-state index in [0.29, 0.717) is 6.04 Å². The molecule has 0 saturated heterocycles. The molecule has 0 radical (unpaired) electrons. The van der Waals surface area contributed by atoms with Crippen molar-refractivity contribution in [2.75, 3.05) is 25.0 Å². The van der Waals surface area contributed by atoms with Gasteiger partial charge < -0.3 is 10.2 Å². The van der Waals surface area contributed by atoms with Crippen LogP contribution in [0.3, 0.4) is 0 Å². The second kappa shape index (κ2) is 9.60. The fourth-order valence-electron chi connectivity index (χ4n) is 2.52. The number of nitrogens with one attached hydrogen (secondary N) is 1. The highest BCUT2D eigenvalue weighted by atomic mass is 15.1. The van der Waals surface area contributed by atoms with E-state index in [1.807, 2.05) is 6.08 Å². The van der Waals surface area contributed by atoms with Crippen molar-refractivity contribution in [1.29, 1.82) is 0 Å². The summed E-state index contributed by atoms with van der Waals surface area (Å²) in [7, 11) is 2.19. The molecule has 0 amide bonds. The van der Waals surface area contributed by atoms with Crippen molar-refractivity contribution in [2.24, 2.45) is 0 Å². The molecular weight excluding hydrogens is 244 g/mol. The molecule has 0 aliphatic carbocycles. The van der Waals surface area contributed by atoms with Gasteiger partial charge in [0, 0.05) is 25.3 Å². The van der Waals surface area contributed by atoms with E-state index >= 15 is 0 Å². The third-order valence-corrected chi connectivity index (χ3v) is 3.67. The normalized spacial score (nSPS) is 12.2. The van der Waals surface area contributed by atoms with Gasteiger partial charge in [-0.15, -0.1) is 6.58 Å². The number of allylic oxidation sites excluding steroid dienone is 1. The minimum absolute atomic E-state index is 0.452.